The molecule has 5 saturated carbocycles. The number of hydroxylamine groups is 1. The molecule has 1 aromatic carbocycles. The summed E-state index contributed by atoms with van der Waals surface area (Å²) in [5.74, 6) is 1.24. The number of benzene rings is 1. The first-order valence-electron chi connectivity index (χ1n) is 18.5. The molecule has 0 spiro atoms. The fourth-order valence-corrected chi connectivity index (χ4v) is 13.0. The van der Waals surface area contributed by atoms with E-state index >= 15 is 0 Å². The topological polar surface area (TPSA) is 90.9 Å². The number of ether oxygens (including phenoxy) is 2. The predicted molar refractivity (Wildman–Crippen MR) is 185 cm³/mol. The zero-order valence-electron chi connectivity index (χ0n) is 30.5. The normalized spacial score (nSPS) is 43.1. The molecule has 5 fully saturated rings. The molecule has 1 amide bonds. The molecular weight excluding hydrogens is 602 g/mol. The van der Waals surface area contributed by atoms with E-state index in [0.717, 1.165) is 69.8 Å². The number of carbonyl (C=O) groups is 3. The average Bonchev–Trinajstić information content (AvgIpc) is 3.44. The van der Waals surface area contributed by atoms with Gasteiger partial charge in [-0.3, -0.25) is 19.2 Å². The van der Waals surface area contributed by atoms with Crippen LogP contribution in [0.4, 0.5) is 0 Å². The molecule has 0 aromatic heterocycles. The minimum Gasteiger partial charge on any atom is -0.465 e. The molecule has 0 heterocycles. The van der Waals surface area contributed by atoms with Crippen LogP contribution in [0.25, 0.3) is 0 Å². The van der Waals surface area contributed by atoms with E-state index in [1.165, 1.54) is 19.4 Å². The van der Waals surface area contributed by atoms with Gasteiger partial charge in [-0.05, 0) is 123 Å². The highest BCUT2D eigenvalue weighted by atomic mass is 16.7. The second-order valence-corrected chi connectivity index (χ2v) is 17.5. The van der Waals surface area contributed by atoms with Crippen molar-refractivity contribution in [2.75, 3.05) is 6.61 Å². The SMILES string of the molecule is C=C(C)[C@@H]1CC[C@]2(C(=O)NOCc3ccccc3)CC[C@]3(C)C(CCC4[C@@]5(C)CC[C@H](OC(C)=O)[C@@](C)(COC(C)=O)C5CC[C@]43C)C12. The Morgan fingerprint density at radius 1 is 0.812 bits per heavy atom. The van der Waals surface area contributed by atoms with Crippen LogP contribution in [-0.2, 0) is 35.3 Å². The summed E-state index contributed by atoms with van der Waals surface area (Å²) in [5.41, 5.74) is 4.48. The number of nitrogens with one attached hydrogen (secondary N) is 1. The second kappa shape index (κ2) is 12.6. The van der Waals surface area contributed by atoms with Gasteiger partial charge in [0.15, 0.2) is 0 Å². The van der Waals surface area contributed by atoms with Crippen molar-refractivity contribution in [3.05, 3.63) is 48.0 Å². The van der Waals surface area contributed by atoms with Crippen LogP contribution in [0.1, 0.15) is 118 Å². The van der Waals surface area contributed by atoms with Gasteiger partial charge in [0.25, 0.3) is 0 Å². The van der Waals surface area contributed by atoms with Gasteiger partial charge < -0.3 is 9.47 Å². The van der Waals surface area contributed by atoms with E-state index in [1.54, 1.807) is 0 Å². The van der Waals surface area contributed by atoms with Crippen LogP contribution in [0, 0.1) is 56.7 Å². The first-order valence-corrected chi connectivity index (χ1v) is 18.5. The Labute approximate surface area is 288 Å². The smallest absolute Gasteiger partial charge is 0.302 e. The average molecular weight is 662 g/mol. The van der Waals surface area contributed by atoms with Crippen molar-refractivity contribution >= 4 is 17.8 Å². The molecule has 4 unspecified atom stereocenters. The van der Waals surface area contributed by atoms with Gasteiger partial charge in [-0.25, -0.2) is 5.48 Å². The van der Waals surface area contributed by atoms with Crippen LogP contribution in [0.5, 0.6) is 0 Å². The maximum absolute atomic E-state index is 14.3. The summed E-state index contributed by atoms with van der Waals surface area (Å²) in [5, 5.41) is 0. The maximum Gasteiger partial charge on any atom is 0.302 e. The van der Waals surface area contributed by atoms with Gasteiger partial charge in [-0.15, -0.1) is 0 Å². The first-order chi connectivity index (χ1) is 22.6. The van der Waals surface area contributed by atoms with E-state index in [9.17, 15) is 14.4 Å². The van der Waals surface area contributed by atoms with E-state index in [2.05, 4.69) is 46.7 Å². The second-order valence-electron chi connectivity index (χ2n) is 17.5. The third-order valence-electron chi connectivity index (χ3n) is 15.4. The van der Waals surface area contributed by atoms with Gasteiger partial charge >= 0.3 is 11.9 Å². The predicted octanol–water partition coefficient (Wildman–Crippen LogP) is 8.37. The molecule has 0 aliphatic heterocycles. The fourth-order valence-electron chi connectivity index (χ4n) is 13.0. The molecule has 1 aromatic rings. The zero-order valence-corrected chi connectivity index (χ0v) is 30.5. The molecule has 5 aliphatic rings. The van der Waals surface area contributed by atoms with Crippen molar-refractivity contribution in [1.82, 2.24) is 5.48 Å². The van der Waals surface area contributed by atoms with Crippen LogP contribution in [-0.4, -0.2) is 30.6 Å². The number of carbonyl (C=O) groups excluding carboxylic acids is 3. The number of hydrogen-bond donors (Lipinski definition) is 1. The lowest BCUT2D eigenvalue weighted by atomic mass is 9.32. The molecule has 0 saturated heterocycles. The Morgan fingerprint density at radius 3 is 2.21 bits per heavy atom. The summed E-state index contributed by atoms with van der Waals surface area (Å²) in [4.78, 5) is 44.5. The molecule has 5 aliphatic carbocycles. The maximum atomic E-state index is 14.3. The number of hydrogen-bond acceptors (Lipinski definition) is 6. The van der Waals surface area contributed by atoms with E-state index in [4.69, 9.17) is 14.3 Å². The summed E-state index contributed by atoms with van der Waals surface area (Å²) < 4.78 is 11.7. The van der Waals surface area contributed by atoms with Crippen molar-refractivity contribution in [2.45, 2.75) is 125 Å². The van der Waals surface area contributed by atoms with Gasteiger partial charge in [0, 0.05) is 19.3 Å². The zero-order chi connectivity index (χ0) is 34.7. The third-order valence-corrected chi connectivity index (χ3v) is 15.4. The van der Waals surface area contributed by atoms with Crippen LogP contribution in [0.2, 0.25) is 0 Å². The van der Waals surface area contributed by atoms with Crippen molar-refractivity contribution in [2.24, 2.45) is 56.7 Å². The lowest BCUT2D eigenvalue weighted by molar-refractivity contribution is -0.256. The number of esters is 2. The van der Waals surface area contributed by atoms with E-state index in [0.29, 0.717) is 24.4 Å². The molecule has 0 bridgehead atoms. The number of amides is 1. The van der Waals surface area contributed by atoms with Crippen LogP contribution < -0.4 is 5.48 Å². The Morgan fingerprint density at radius 2 is 1.54 bits per heavy atom. The molecule has 7 heteroatoms. The van der Waals surface area contributed by atoms with Crippen molar-refractivity contribution < 1.29 is 28.7 Å². The van der Waals surface area contributed by atoms with E-state index in [1.807, 2.05) is 30.3 Å². The van der Waals surface area contributed by atoms with Crippen LogP contribution in [0.3, 0.4) is 0 Å². The van der Waals surface area contributed by atoms with Crippen LogP contribution >= 0.6 is 0 Å². The minimum absolute atomic E-state index is 0.0210. The molecule has 6 rings (SSSR count). The Hall–Kier alpha value is -2.67. The fraction of sp³-hybridized carbons (Fsp3) is 0.732. The summed E-state index contributed by atoms with van der Waals surface area (Å²) in [6.07, 6.45) is 9.60. The summed E-state index contributed by atoms with van der Waals surface area (Å²) in [6.45, 7) is 20.1. The Kier molecular flexibility index (Phi) is 9.22. The largest absolute Gasteiger partial charge is 0.465 e. The Bertz CT molecular complexity index is 1430. The van der Waals surface area contributed by atoms with Gasteiger partial charge in [0.05, 0.1) is 12.0 Å². The lowest BCUT2D eigenvalue weighted by Gasteiger charge is -2.73. The van der Waals surface area contributed by atoms with E-state index < -0.39 is 10.8 Å². The summed E-state index contributed by atoms with van der Waals surface area (Å²) in [6, 6.07) is 9.99. The molecule has 264 valence electrons. The molecular formula is C41H59NO6. The van der Waals surface area contributed by atoms with Gasteiger partial charge in [-0.1, -0.05) is 70.2 Å². The highest BCUT2D eigenvalue weighted by Crippen LogP contribution is 2.77. The van der Waals surface area contributed by atoms with Crippen molar-refractivity contribution in [3.63, 3.8) is 0 Å². The summed E-state index contributed by atoms with van der Waals surface area (Å²) >= 11 is 0. The summed E-state index contributed by atoms with van der Waals surface area (Å²) in [7, 11) is 0. The Balaban J connectivity index is 1.30. The van der Waals surface area contributed by atoms with Crippen LogP contribution in [0.15, 0.2) is 42.5 Å². The standard InChI is InChI=1S/C41H59NO6/c1-26(2)30-16-21-41(36(45)42-47-24-29-12-10-9-11-13-29)23-22-39(7)31(35(30)41)14-15-33-37(5)19-18-34(48-28(4)44)38(6,25-46-27(3)43)32(37)17-20-40(33,39)8/h9-13,30-35H,1,14-25H2,2-8H3,(H,42,45)/t30-,31?,32?,33?,34-,35?,37-,38-,39+,40+,41-/m0/s1. The monoisotopic (exact) mass is 661 g/mol. The highest BCUT2D eigenvalue weighted by molar-refractivity contribution is 5.83. The first kappa shape index (κ1) is 35.2. The van der Waals surface area contributed by atoms with Crippen molar-refractivity contribution in [1.29, 1.82) is 0 Å². The molecule has 48 heavy (non-hydrogen) atoms. The third kappa shape index (κ3) is 5.36. The quantitative estimate of drug-likeness (QED) is 0.171. The number of fused-ring (bicyclic) bond motifs is 7. The highest BCUT2D eigenvalue weighted by Gasteiger charge is 2.72. The minimum atomic E-state index is -0.445. The lowest BCUT2D eigenvalue weighted by Crippen LogP contribution is -2.68. The van der Waals surface area contributed by atoms with Gasteiger partial charge in [-0.2, -0.15) is 0 Å². The number of rotatable bonds is 8. The van der Waals surface area contributed by atoms with Gasteiger partial charge in [0.1, 0.15) is 12.7 Å². The van der Waals surface area contributed by atoms with E-state index in [-0.39, 0.29) is 58.6 Å². The molecule has 0 radical (unpaired) electrons. The van der Waals surface area contributed by atoms with Gasteiger partial charge in [0.2, 0.25) is 5.91 Å². The molecule has 11 atom stereocenters. The number of allylic oxidation sites excluding steroid dienone is 1. The molecule has 1 N–H and O–H groups in total. The molecule has 7 nitrogen and oxygen atoms in total. The van der Waals surface area contributed by atoms with Crippen molar-refractivity contribution in [3.8, 4) is 0 Å².